The van der Waals surface area contributed by atoms with Crippen molar-refractivity contribution in [2.45, 2.75) is 18.7 Å². The van der Waals surface area contributed by atoms with Crippen molar-refractivity contribution in [3.8, 4) is 11.8 Å². The molecule has 1 fully saturated rings. The van der Waals surface area contributed by atoms with Gasteiger partial charge in [-0.2, -0.15) is 4.72 Å². The van der Waals surface area contributed by atoms with Crippen molar-refractivity contribution < 1.29 is 17.9 Å². The number of hydrogen-bond donors (Lipinski definition) is 1. The van der Waals surface area contributed by atoms with Crippen molar-refractivity contribution in [3.05, 3.63) is 59.2 Å². The average Bonchev–Trinajstić information content (AvgIpc) is 3.05. The zero-order valence-electron chi connectivity index (χ0n) is 15.2. The van der Waals surface area contributed by atoms with Gasteiger partial charge in [0.2, 0.25) is 10.0 Å². The van der Waals surface area contributed by atoms with Crippen molar-refractivity contribution in [1.82, 2.24) is 4.72 Å². The van der Waals surface area contributed by atoms with E-state index in [9.17, 15) is 13.2 Å². The lowest BCUT2D eigenvalue weighted by Gasteiger charge is -2.12. The number of cyclic esters (lactones) is 1. The fourth-order valence-electron chi connectivity index (χ4n) is 2.81. The number of hydrogen-bond acceptors (Lipinski definition) is 4. The van der Waals surface area contributed by atoms with Gasteiger partial charge in [-0.15, -0.1) is 0 Å². The molecule has 0 unspecified atom stereocenters. The maximum atomic E-state index is 12.4. The van der Waals surface area contributed by atoms with E-state index in [1.807, 2.05) is 13.0 Å². The molecule has 1 N–H and O–H groups in total. The Bertz CT molecular complexity index is 1020. The molecule has 0 aromatic heterocycles. The van der Waals surface area contributed by atoms with Gasteiger partial charge in [-0.1, -0.05) is 29.5 Å². The number of carbonyl (C=O) groups is 1. The van der Waals surface area contributed by atoms with Gasteiger partial charge in [-0.25, -0.2) is 13.2 Å². The minimum Gasteiger partial charge on any atom is -0.447 e. The first-order valence-corrected chi connectivity index (χ1v) is 9.95. The number of carbonyl (C=O) groups excluding carboxylic acids is 1. The maximum Gasteiger partial charge on any atom is 0.414 e. The smallest absolute Gasteiger partial charge is 0.414 e. The SMILES string of the molecule is Cc1ccc(S(=O)(=O)NCC#Cc2ccc(N3CCOC3=O)cc2)c(C)c1. The number of aryl methyl sites for hydroxylation is 2. The molecule has 6 nitrogen and oxygen atoms in total. The summed E-state index contributed by atoms with van der Waals surface area (Å²) in [7, 11) is -3.60. The molecule has 7 heteroatoms. The molecule has 0 spiro atoms. The Hall–Kier alpha value is -2.82. The van der Waals surface area contributed by atoms with Crippen LogP contribution in [0.4, 0.5) is 10.5 Å². The van der Waals surface area contributed by atoms with Crippen molar-refractivity contribution in [2.24, 2.45) is 0 Å². The number of amides is 1. The number of rotatable bonds is 4. The molecular weight excluding hydrogens is 364 g/mol. The summed E-state index contributed by atoms with van der Waals surface area (Å²) in [6.45, 7) is 4.62. The second kappa shape index (κ2) is 7.82. The average molecular weight is 384 g/mol. The third kappa shape index (κ3) is 4.48. The standard InChI is InChI=1S/C20H20N2O4S/c1-15-5-10-19(16(2)14-15)27(24,25)21-11-3-4-17-6-8-18(9-7-17)22-12-13-26-20(22)23/h5-10,14,21H,11-13H2,1-2H3. The van der Waals surface area contributed by atoms with E-state index in [-0.39, 0.29) is 17.5 Å². The van der Waals surface area contributed by atoms with Gasteiger partial charge in [-0.3, -0.25) is 4.90 Å². The van der Waals surface area contributed by atoms with Crippen LogP contribution in [0.15, 0.2) is 47.4 Å². The Kier molecular flexibility index (Phi) is 5.49. The second-order valence-electron chi connectivity index (χ2n) is 6.21. The van der Waals surface area contributed by atoms with Crippen LogP contribution < -0.4 is 9.62 Å². The van der Waals surface area contributed by atoms with Gasteiger partial charge < -0.3 is 4.74 Å². The molecule has 2 aromatic rings. The second-order valence-corrected chi connectivity index (χ2v) is 7.94. The van der Waals surface area contributed by atoms with Crippen molar-refractivity contribution in [2.75, 3.05) is 24.6 Å². The molecule has 27 heavy (non-hydrogen) atoms. The van der Waals surface area contributed by atoms with Gasteiger partial charge >= 0.3 is 6.09 Å². The normalized spacial score (nSPS) is 13.9. The largest absolute Gasteiger partial charge is 0.447 e. The predicted octanol–water partition coefficient (Wildman–Crippen LogP) is 2.59. The number of benzene rings is 2. The van der Waals surface area contributed by atoms with E-state index < -0.39 is 10.0 Å². The van der Waals surface area contributed by atoms with Crippen LogP contribution in [0.3, 0.4) is 0 Å². The highest BCUT2D eigenvalue weighted by atomic mass is 32.2. The van der Waals surface area contributed by atoms with Crippen LogP contribution in [0.25, 0.3) is 0 Å². The van der Waals surface area contributed by atoms with E-state index >= 15 is 0 Å². The Morgan fingerprint density at radius 1 is 1.15 bits per heavy atom. The summed E-state index contributed by atoms with van der Waals surface area (Å²) in [6, 6.07) is 12.3. The van der Waals surface area contributed by atoms with E-state index in [4.69, 9.17) is 4.74 Å². The Balaban J connectivity index is 1.62. The van der Waals surface area contributed by atoms with Crippen LogP contribution in [0.5, 0.6) is 0 Å². The lowest BCUT2D eigenvalue weighted by Crippen LogP contribution is -2.24. The van der Waals surface area contributed by atoms with Crippen molar-refractivity contribution in [1.29, 1.82) is 0 Å². The van der Waals surface area contributed by atoms with Gasteiger partial charge in [0.25, 0.3) is 0 Å². The van der Waals surface area contributed by atoms with Crippen LogP contribution >= 0.6 is 0 Å². The first-order valence-electron chi connectivity index (χ1n) is 8.47. The fraction of sp³-hybridized carbons (Fsp3) is 0.250. The number of nitrogens with one attached hydrogen (secondary N) is 1. The van der Waals surface area contributed by atoms with E-state index in [0.717, 1.165) is 16.8 Å². The van der Waals surface area contributed by atoms with Crippen LogP contribution in [0, 0.1) is 25.7 Å². The van der Waals surface area contributed by atoms with Crippen molar-refractivity contribution in [3.63, 3.8) is 0 Å². The molecule has 0 bridgehead atoms. The van der Waals surface area contributed by atoms with Crippen LogP contribution in [0.2, 0.25) is 0 Å². The molecule has 0 saturated carbocycles. The maximum absolute atomic E-state index is 12.4. The van der Waals surface area contributed by atoms with E-state index in [0.29, 0.717) is 18.7 Å². The summed E-state index contributed by atoms with van der Waals surface area (Å²) in [5.74, 6) is 5.72. The van der Waals surface area contributed by atoms with Gasteiger partial charge in [0.05, 0.1) is 18.0 Å². The Morgan fingerprint density at radius 3 is 2.52 bits per heavy atom. The number of ether oxygens (including phenoxy) is 1. The molecule has 1 aliphatic rings. The molecule has 0 atom stereocenters. The van der Waals surface area contributed by atoms with E-state index in [1.165, 1.54) is 0 Å². The minimum absolute atomic E-state index is 0.00977. The molecule has 3 rings (SSSR count). The first kappa shape index (κ1) is 19.0. The minimum atomic E-state index is -3.60. The number of anilines is 1. The summed E-state index contributed by atoms with van der Waals surface area (Å²) in [6.07, 6.45) is -0.352. The summed E-state index contributed by atoms with van der Waals surface area (Å²) in [5.41, 5.74) is 3.19. The quantitative estimate of drug-likeness (QED) is 0.822. The van der Waals surface area contributed by atoms with Gasteiger partial charge in [0, 0.05) is 11.3 Å². The molecule has 2 aromatic carbocycles. The van der Waals surface area contributed by atoms with Gasteiger partial charge in [0.15, 0.2) is 0 Å². The summed E-state index contributed by atoms with van der Waals surface area (Å²) in [5, 5.41) is 0. The lowest BCUT2D eigenvalue weighted by atomic mass is 10.2. The zero-order valence-corrected chi connectivity index (χ0v) is 16.0. The molecular formula is C20H20N2O4S. The van der Waals surface area contributed by atoms with Gasteiger partial charge in [-0.05, 0) is 49.7 Å². The number of sulfonamides is 1. The molecule has 0 aliphatic carbocycles. The van der Waals surface area contributed by atoms with Crippen molar-refractivity contribution >= 4 is 21.8 Å². The number of nitrogens with zero attached hydrogens (tertiary/aromatic N) is 1. The molecule has 1 heterocycles. The first-order chi connectivity index (χ1) is 12.9. The molecule has 1 amide bonds. The van der Waals surface area contributed by atoms with Crippen LogP contribution in [0.1, 0.15) is 16.7 Å². The van der Waals surface area contributed by atoms with E-state index in [2.05, 4.69) is 16.6 Å². The zero-order chi connectivity index (χ0) is 19.4. The fourth-order valence-corrected chi connectivity index (χ4v) is 3.96. The Morgan fingerprint density at radius 2 is 1.89 bits per heavy atom. The van der Waals surface area contributed by atoms with Crippen LogP contribution in [-0.4, -0.2) is 34.2 Å². The summed E-state index contributed by atoms with van der Waals surface area (Å²) >= 11 is 0. The third-order valence-corrected chi connectivity index (χ3v) is 5.70. The van der Waals surface area contributed by atoms with Gasteiger partial charge in [0.1, 0.15) is 6.61 Å². The lowest BCUT2D eigenvalue weighted by molar-refractivity contribution is 0.181. The Labute approximate surface area is 159 Å². The summed E-state index contributed by atoms with van der Waals surface area (Å²) in [4.78, 5) is 13.3. The molecule has 140 valence electrons. The summed E-state index contributed by atoms with van der Waals surface area (Å²) < 4.78 is 32.1. The highest BCUT2D eigenvalue weighted by Gasteiger charge is 2.23. The monoisotopic (exact) mass is 384 g/mol. The van der Waals surface area contributed by atoms with E-state index in [1.54, 1.807) is 48.2 Å². The highest BCUT2D eigenvalue weighted by molar-refractivity contribution is 7.89. The molecule has 1 aliphatic heterocycles. The predicted molar refractivity (Wildman–Crippen MR) is 103 cm³/mol. The third-order valence-electron chi connectivity index (χ3n) is 4.14. The highest BCUT2D eigenvalue weighted by Crippen LogP contribution is 2.19. The molecule has 1 saturated heterocycles. The van der Waals surface area contributed by atoms with Crippen LogP contribution in [-0.2, 0) is 14.8 Å². The molecule has 0 radical (unpaired) electrons. The topological polar surface area (TPSA) is 75.7 Å².